The summed E-state index contributed by atoms with van der Waals surface area (Å²) in [5, 5.41) is 0. The van der Waals surface area contributed by atoms with Gasteiger partial charge in [-0.1, -0.05) is 13.8 Å². The van der Waals surface area contributed by atoms with Crippen LogP contribution in [0, 0.1) is 12.7 Å². The summed E-state index contributed by atoms with van der Waals surface area (Å²) >= 11 is 3.10. The van der Waals surface area contributed by atoms with Crippen molar-refractivity contribution in [1.29, 1.82) is 0 Å². The molecule has 0 bridgehead atoms. The Bertz CT molecular complexity index is 602. The van der Waals surface area contributed by atoms with E-state index in [2.05, 4.69) is 25.9 Å². The van der Waals surface area contributed by atoms with E-state index < -0.39 is 0 Å². The van der Waals surface area contributed by atoms with Gasteiger partial charge < -0.3 is 4.74 Å². The third-order valence-electron chi connectivity index (χ3n) is 2.55. The number of halogens is 2. The molecule has 0 saturated carbocycles. The normalized spacial score (nSPS) is 10.8. The molecule has 0 aliphatic heterocycles. The van der Waals surface area contributed by atoms with Gasteiger partial charge in [0.15, 0.2) is 0 Å². The number of aryl methyl sites for hydroxylation is 1. The zero-order chi connectivity index (χ0) is 14.0. The summed E-state index contributed by atoms with van der Waals surface area (Å²) in [6, 6.07) is 6.70. The lowest BCUT2D eigenvalue weighted by molar-refractivity contribution is 0.432. The van der Waals surface area contributed by atoms with Crippen molar-refractivity contribution in [3.05, 3.63) is 45.9 Å². The fraction of sp³-hybridized carbons (Fsp3) is 0.286. The van der Waals surface area contributed by atoms with Gasteiger partial charge >= 0.3 is 6.01 Å². The Hall–Kier alpha value is -1.49. The minimum atomic E-state index is -0.380. The largest absolute Gasteiger partial charge is 0.424 e. The van der Waals surface area contributed by atoms with Crippen LogP contribution in [-0.4, -0.2) is 9.97 Å². The number of nitrogens with zero attached hydrogens (tertiary/aromatic N) is 2. The standard InChI is InChI=1S/C14H14BrFN2O/c1-8(2)13-6-9(3)17-14(18-13)19-10-4-5-11(15)12(16)7-10/h4-8H,1-3H3. The Morgan fingerprint density at radius 3 is 2.58 bits per heavy atom. The molecule has 0 saturated heterocycles. The first-order chi connectivity index (χ1) is 8.95. The predicted octanol–water partition coefficient (Wildman–Crippen LogP) is 4.60. The molecule has 0 aliphatic carbocycles. The van der Waals surface area contributed by atoms with Gasteiger partial charge in [0, 0.05) is 11.8 Å². The van der Waals surface area contributed by atoms with Gasteiger partial charge in [-0.25, -0.2) is 9.37 Å². The summed E-state index contributed by atoms with van der Waals surface area (Å²) in [7, 11) is 0. The molecule has 2 aromatic rings. The van der Waals surface area contributed by atoms with Gasteiger partial charge in [0.2, 0.25) is 0 Å². The lowest BCUT2D eigenvalue weighted by Gasteiger charge is -2.09. The molecule has 19 heavy (non-hydrogen) atoms. The third kappa shape index (κ3) is 3.50. The molecule has 0 spiro atoms. The summed E-state index contributed by atoms with van der Waals surface area (Å²) in [4.78, 5) is 8.51. The Kier molecular flexibility index (Phi) is 4.14. The first kappa shape index (κ1) is 13.9. The first-order valence-electron chi connectivity index (χ1n) is 5.94. The number of rotatable bonds is 3. The maximum Gasteiger partial charge on any atom is 0.322 e. The summed E-state index contributed by atoms with van der Waals surface area (Å²) in [5.41, 5.74) is 1.73. The quantitative estimate of drug-likeness (QED) is 0.827. The van der Waals surface area contributed by atoms with Gasteiger partial charge in [0.25, 0.3) is 0 Å². The number of aromatic nitrogens is 2. The number of hydrogen-bond acceptors (Lipinski definition) is 3. The van der Waals surface area contributed by atoms with Crippen molar-refractivity contribution >= 4 is 15.9 Å². The summed E-state index contributed by atoms with van der Waals surface area (Å²) in [5.74, 6) is 0.279. The van der Waals surface area contributed by atoms with E-state index in [9.17, 15) is 4.39 Å². The molecule has 0 atom stereocenters. The summed E-state index contributed by atoms with van der Waals surface area (Å²) in [6.45, 7) is 5.97. The molecule has 0 radical (unpaired) electrons. The van der Waals surface area contributed by atoms with E-state index >= 15 is 0 Å². The van der Waals surface area contributed by atoms with Crippen LogP contribution in [0.4, 0.5) is 4.39 Å². The minimum Gasteiger partial charge on any atom is -0.424 e. The second-order valence-corrected chi connectivity index (χ2v) is 5.40. The maximum atomic E-state index is 13.4. The van der Waals surface area contributed by atoms with E-state index in [4.69, 9.17) is 4.74 Å². The summed E-state index contributed by atoms with van der Waals surface area (Å²) in [6.07, 6.45) is 0. The van der Waals surface area contributed by atoms with E-state index in [0.717, 1.165) is 11.4 Å². The lowest BCUT2D eigenvalue weighted by Crippen LogP contribution is -2.00. The molecule has 0 fully saturated rings. The van der Waals surface area contributed by atoms with Crippen LogP contribution in [0.25, 0.3) is 0 Å². The second kappa shape index (κ2) is 5.65. The summed E-state index contributed by atoms with van der Waals surface area (Å²) < 4.78 is 19.3. The van der Waals surface area contributed by atoms with Crippen LogP contribution in [0.3, 0.4) is 0 Å². The highest BCUT2D eigenvalue weighted by Gasteiger charge is 2.09. The van der Waals surface area contributed by atoms with E-state index in [1.54, 1.807) is 12.1 Å². The van der Waals surface area contributed by atoms with Crippen molar-refractivity contribution in [1.82, 2.24) is 9.97 Å². The number of hydrogen-bond donors (Lipinski definition) is 0. The van der Waals surface area contributed by atoms with Crippen LogP contribution in [0.2, 0.25) is 0 Å². The maximum absolute atomic E-state index is 13.4. The molecule has 0 amide bonds. The van der Waals surface area contributed by atoms with E-state index in [1.165, 1.54) is 6.07 Å². The fourth-order valence-corrected chi connectivity index (χ4v) is 1.80. The molecular formula is C14H14BrFN2O. The molecule has 5 heteroatoms. The van der Waals surface area contributed by atoms with E-state index in [-0.39, 0.29) is 17.7 Å². The predicted molar refractivity (Wildman–Crippen MR) is 75.0 cm³/mol. The van der Waals surface area contributed by atoms with Crippen molar-refractivity contribution in [3.63, 3.8) is 0 Å². The second-order valence-electron chi connectivity index (χ2n) is 4.55. The molecule has 3 nitrogen and oxygen atoms in total. The van der Waals surface area contributed by atoms with Gasteiger partial charge in [0.1, 0.15) is 11.6 Å². The molecular weight excluding hydrogens is 311 g/mol. The van der Waals surface area contributed by atoms with Crippen LogP contribution >= 0.6 is 15.9 Å². The Labute approximate surface area is 120 Å². The average molecular weight is 325 g/mol. The Morgan fingerprint density at radius 1 is 1.21 bits per heavy atom. The average Bonchev–Trinajstić information content (AvgIpc) is 2.33. The fourth-order valence-electron chi connectivity index (χ4n) is 1.55. The molecule has 1 heterocycles. The SMILES string of the molecule is Cc1cc(C(C)C)nc(Oc2ccc(Br)c(F)c2)n1. The van der Waals surface area contributed by atoms with Crippen LogP contribution in [-0.2, 0) is 0 Å². The van der Waals surface area contributed by atoms with Crippen molar-refractivity contribution in [2.24, 2.45) is 0 Å². The molecule has 0 N–H and O–H groups in total. The lowest BCUT2D eigenvalue weighted by atomic mass is 10.1. The van der Waals surface area contributed by atoms with Gasteiger partial charge in [0.05, 0.1) is 10.2 Å². The van der Waals surface area contributed by atoms with Crippen LogP contribution in [0.1, 0.15) is 31.2 Å². The molecule has 1 aromatic heterocycles. The first-order valence-corrected chi connectivity index (χ1v) is 6.73. The van der Waals surface area contributed by atoms with Crippen molar-refractivity contribution in [3.8, 4) is 11.8 Å². The highest BCUT2D eigenvalue weighted by atomic mass is 79.9. The van der Waals surface area contributed by atoms with Crippen molar-refractivity contribution in [2.75, 3.05) is 0 Å². The van der Waals surface area contributed by atoms with Gasteiger partial charge in [-0.3, -0.25) is 0 Å². The monoisotopic (exact) mass is 324 g/mol. The van der Waals surface area contributed by atoms with Gasteiger partial charge in [-0.2, -0.15) is 4.98 Å². The van der Waals surface area contributed by atoms with Gasteiger partial charge in [-0.05, 0) is 47.0 Å². The van der Waals surface area contributed by atoms with E-state index in [0.29, 0.717) is 10.2 Å². The topological polar surface area (TPSA) is 35.0 Å². The number of ether oxygens (including phenoxy) is 1. The Balaban J connectivity index is 2.29. The zero-order valence-corrected chi connectivity index (χ0v) is 12.5. The zero-order valence-electron chi connectivity index (χ0n) is 10.9. The Morgan fingerprint density at radius 2 is 1.95 bits per heavy atom. The molecule has 0 unspecified atom stereocenters. The molecule has 100 valence electrons. The smallest absolute Gasteiger partial charge is 0.322 e. The number of benzene rings is 1. The van der Waals surface area contributed by atoms with Crippen molar-refractivity contribution < 1.29 is 9.13 Å². The highest BCUT2D eigenvalue weighted by Crippen LogP contribution is 2.25. The van der Waals surface area contributed by atoms with E-state index in [1.807, 2.05) is 26.8 Å². The highest BCUT2D eigenvalue weighted by molar-refractivity contribution is 9.10. The third-order valence-corrected chi connectivity index (χ3v) is 3.19. The van der Waals surface area contributed by atoms with Crippen LogP contribution in [0.15, 0.2) is 28.7 Å². The molecule has 2 rings (SSSR count). The molecule has 0 aliphatic rings. The molecule has 1 aromatic carbocycles. The van der Waals surface area contributed by atoms with Gasteiger partial charge in [-0.15, -0.1) is 0 Å². The van der Waals surface area contributed by atoms with Crippen molar-refractivity contribution in [2.45, 2.75) is 26.7 Å². The van der Waals surface area contributed by atoms with Crippen LogP contribution in [0.5, 0.6) is 11.8 Å². The minimum absolute atomic E-state index is 0.241. The van der Waals surface area contributed by atoms with Crippen LogP contribution < -0.4 is 4.74 Å².